The van der Waals surface area contributed by atoms with E-state index >= 15 is 0 Å². The van der Waals surface area contributed by atoms with Gasteiger partial charge in [-0.1, -0.05) is 13.3 Å². The molecule has 1 rings (SSSR count). The van der Waals surface area contributed by atoms with Crippen LogP contribution in [0.4, 0.5) is 0 Å². The van der Waals surface area contributed by atoms with Crippen LogP contribution in [0.15, 0.2) is 0 Å². The molecule has 100 valence electrons. The van der Waals surface area contributed by atoms with Gasteiger partial charge in [-0.05, 0) is 44.4 Å². The molecular weight excluding hydrogens is 245 g/mol. The predicted octanol–water partition coefficient (Wildman–Crippen LogP) is 1.81. The summed E-state index contributed by atoms with van der Waals surface area (Å²) in [5.41, 5.74) is 0. The third kappa shape index (κ3) is 5.27. The van der Waals surface area contributed by atoms with E-state index in [0.717, 1.165) is 38.8 Å². The van der Waals surface area contributed by atoms with Crippen LogP contribution in [0.1, 0.15) is 32.6 Å². The second-order valence-corrected chi connectivity index (χ2v) is 5.78. The second-order valence-electron chi connectivity index (χ2n) is 4.35. The second kappa shape index (κ2) is 7.95. The Morgan fingerprint density at radius 2 is 2.06 bits per heavy atom. The van der Waals surface area contributed by atoms with Crippen molar-refractivity contribution < 1.29 is 24.4 Å². The molecule has 1 fully saturated rings. The fraction of sp³-hybridized carbons (Fsp3) is 0.900. The van der Waals surface area contributed by atoms with Crippen molar-refractivity contribution in [2.45, 2.75) is 37.8 Å². The Hall–Kier alpha value is -0.260. The van der Waals surface area contributed by atoms with Crippen molar-refractivity contribution in [1.82, 2.24) is 4.90 Å². The number of likely N-dealkylation sites (tertiary alicyclic amines) is 1. The molecule has 7 heteroatoms. The average molecular weight is 265 g/mol. The lowest BCUT2D eigenvalue weighted by atomic mass is 9.91. The number of carbonyl (C=O) groups is 1. The lowest BCUT2D eigenvalue weighted by Gasteiger charge is -2.39. The standard InChI is InChI=1S/C10H20NO5P/c1-3-4-10(5-7-11(2)8-6-10)17-16-15-14-13-9-12/h9,17H,3-8H2,1-2H3. The first-order valence-electron chi connectivity index (χ1n) is 5.77. The minimum Gasteiger partial charge on any atom is -0.306 e. The summed E-state index contributed by atoms with van der Waals surface area (Å²) in [6.45, 7) is 4.44. The maximum atomic E-state index is 9.79. The summed E-state index contributed by atoms with van der Waals surface area (Å²) in [6.07, 6.45) is 4.41. The van der Waals surface area contributed by atoms with E-state index in [1.54, 1.807) is 0 Å². The molecule has 1 aliphatic heterocycles. The van der Waals surface area contributed by atoms with Crippen LogP contribution in [0.25, 0.3) is 0 Å². The van der Waals surface area contributed by atoms with Gasteiger partial charge in [-0.3, -0.25) is 9.68 Å². The molecular formula is C10H20NO5P. The van der Waals surface area contributed by atoms with E-state index < -0.39 is 0 Å². The molecule has 1 atom stereocenters. The Balaban J connectivity index is 2.29. The summed E-state index contributed by atoms with van der Waals surface area (Å²) in [5, 5.41) is 8.52. The smallest absolute Gasteiger partial charge is 0.306 e. The van der Waals surface area contributed by atoms with Crippen molar-refractivity contribution >= 4 is 15.3 Å². The van der Waals surface area contributed by atoms with E-state index in [4.69, 9.17) is 4.67 Å². The van der Waals surface area contributed by atoms with Gasteiger partial charge >= 0.3 is 6.47 Å². The van der Waals surface area contributed by atoms with Crippen LogP contribution >= 0.6 is 8.81 Å². The largest absolute Gasteiger partial charge is 0.334 e. The van der Waals surface area contributed by atoms with E-state index in [2.05, 4.69) is 33.8 Å². The zero-order valence-corrected chi connectivity index (χ0v) is 11.3. The highest BCUT2D eigenvalue weighted by Crippen LogP contribution is 2.45. The van der Waals surface area contributed by atoms with Crippen LogP contribution in [-0.4, -0.2) is 36.7 Å². The van der Waals surface area contributed by atoms with Gasteiger partial charge in [0.15, 0.2) is 0 Å². The normalized spacial score (nSPS) is 20.8. The van der Waals surface area contributed by atoms with Crippen molar-refractivity contribution in [2.75, 3.05) is 20.1 Å². The van der Waals surface area contributed by atoms with Crippen LogP contribution < -0.4 is 0 Å². The highest BCUT2D eigenvalue weighted by Gasteiger charge is 2.34. The Bertz CT molecular complexity index is 221. The molecule has 0 saturated carbocycles. The van der Waals surface area contributed by atoms with Crippen molar-refractivity contribution in [3.63, 3.8) is 0 Å². The SMILES string of the molecule is CCCC1(POOOOC=O)CCN(C)CC1. The van der Waals surface area contributed by atoms with E-state index in [0.29, 0.717) is 0 Å². The molecule has 0 aromatic carbocycles. The van der Waals surface area contributed by atoms with Gasteiger partial charge in [0.05, 0.1) is 8.81 Å². The molecule has 0 amide bonds. The number of hydrogen-bond acceptors (Lipinski definition) is 6. The lowest BCUT2D eigenvalue weighted by Crippen LogP contribution is -2.39. The quantitative estimate of drug-likeness (QED) is 0.219. The van der Waals surface area contributed by atoms with Gasteiger partial charge in [0.1, 0.15) is 0 Å². The van der Waals surface area contributed by atoms with Gasteiger partial charge < -0.3 is 4.90 Å². The number of piperidine rings is 1. The molecule has 1 saturated heterocycles. The third-order valence-electron chi connectivity index (χ3n) is 3.07. The summed E-state index contributed by atoms with van der Waals surface area (Å²) >= 11 is 0. The third-order valence-corrected chi connectivity index (χ3v) is 4.41. The molecule has 1 heterocycles. The number of hydrogen-bond donors (Lipinski definition) is 0. The molecule has 0 spiro atoms. The minimum atomic E-state index is 0.129. The summed E-state index contributed by atoms with van der Waals surface area (Å²) in [7, 11) is 2.31. The van der Waals surface area contributed by atoms with Crippen LogP contribution in [0.5, 0.6) is 0 Å². The van der Waals surface area contributed by atoms with Gasteiger partial charge in [0.2, 0.25) is 0 Å². The van der Waals surface area contributed by atoms with Gasteiger partial charge in [-0.15, -0.1) is 0 Å². The fourth-order valence-electron chi connectivity index (χ4n) is 2.08. The number of nitrogens with zero attached hydrogens (tertiary/aromatic N) is 1. The maximum Gasteiger partial charge on any atom is 0.334 e. The molecule has 1 unspecified atom stereocenters. The van der Waals surface area contributed by atoms with Gasteiger partial charge in [-0.2, -0.15) is 4.67 Å². The van der Waals surface area contributed by atoms with Gasteiger partial charge in [0, 0.05) is 10.2 Å². The van der Waals surface area contributed by atoms with Crippen LogP contribution in [0.3, 0.4) is 0 Å². The highest BCUT2D eigenvalue weighted by molar-refractivity contribution is 7.34. The fourth-order valence-corrected chi connectivity index (χ4v) is 3.10. The first kappa shape index (κ1) is 14.8. The van der Waals surface area contributed by atoms with Crippen LogP contribution in [0, 0.1) is 0 Å². The van der Waals surface area contributed by atoms with Crippen LogP contribution in [0.2, 0.25) is 0 Å². The van der Waals surface area contributed by atoms with Crippen molar-refractivity contribution in [1.29, 1.82) is 0 Å². The van der Waals surface area contributed by atoms with E-state index in [1.807, 2.05) is 0 Å². The average Bonchev–Trinajstić information content (AvgIpc) is 2.33. The maximum absolute atomic E-state index is 9.79. The molecule has 0 aromatic heterocycles. The molecule has 0 aromatic rings. The summed E-state index contributed by atoms with van der Waals surface area (Å²) in [5.74, 6) is 0. The first-order chi connectivity index (χ1) is 8.22. The van der Waals surface area contributed by atoms with E-state index in [-0.39, 0.29) is 20.4 Å². The molecule has 1 aliphatic rings. The highest BCUT2D eigenvalue weighted by atomic mass is 31.1. The zero-order valence-electron chi connectivity index (χ0n) is 10.3. The number of rotatable bonds is 8. The number of carbonyl (C=O) groups excluding carboxylic acids is 1. The summed E-state index contributed by atoms with van der Waals surface area (Å²) < 4.78 is 4.97. The monoisotopic (exact) mass is 265 g/mol. The van der Waals surface area contributed by atoms with Crippen molar-refractivity contribution in [2.24, 2.45) is 0 Å². The summed E-state index contributed by atoms with van der Waals surface area (Å²) in [6, 6.07) is 0. The minimum absolute atomic E-state index is 0.129. The van der Waals surface area contributed by atoms with Crippen molar-refractivity contribution in [3.8, 4) is 0 Å². The molecule has 0 radical (unpaired) electrons. The zero-order chi connectivity index (χ0) is 12.6. The Labute approximate surface area is 103 Å². The topological polar surface area (TPSA) is 57.2 Å². The van der Waals surface area contributed by atoms with Gasteiger partial charge in [-0.25, -0.2) is 0 Å². The molecule has 0 N–H and O–H groups in total. The Kier molecular flexibility index (Phi) is 6.92. The molecule has 0 bridgehead atoms. The predicted molar refractivity (Wildman–Crippen MR) is 63.1 cm³/mol. The van der Waals surface area contributed by atoms with Gasteiger partial charge in [0.25, 0.3) is 0 Å². The lowest BCUT2D eigenvalue weighted by molar-refractivity contribution is -0.584. The Morgan fingerprint density at radius 1 is 1.35 bits per heavy atom. The van der Waals surface area contributed by atoms with E-state index in [9.17, 15) is 4.79 Å². The van der Waals surface area contributed by atoms with Crippen LogP contribution in [-0.2, 0) is 24.4 Å². The van der Waals surface area contributed by atoms with E-state index in [1.165, 1.54) is 0 Å². The van der Waals surface area contributed by atoms with Crippen molar-refractivity contribution in [3.05, 3.63) is 0 Å². The summed E-state index contributed by atoms with van der Waals surface area (Å²) in [4.78, 5) is 16.0. The molecule has 6 nitrogen and oxygen atoms in total. The first-order valence-corrected chi connectivity index (χ1v) is 6.68. The Morgan fingerprint density at radius 3 is 2.65 bits per heavy atom. The molecule has 0 aliphatic carbocycles. The molecule has 17 heavy (non-hydrogen) atoms.